The summed E-state index contributed by atoms with van der Waals surface area (Å²) >= 11 is 0. The molecule has 1 aliphatic rings. The molecule has 0 aliphatic carbocycles. The lowest BCUT2D eigenvalue weighted by atomic mass is 10.0. The van der Waals surface area contributed by atoms with Gasteiger partial charge in [0.2, 0.25) is 0 Å². The van der Waals surface area contributed by atoms with Gasteiger partial charge in [0.25, 0.3) is 0 Å². The van der Waals surface area contributed by atoms with Crippen molar-refractivity contribution in [3.05, 3.63) is 54.1 Å². The molecule has 2 aromatic carbocycles. The molecule has 0 saturated carbocycles. The third-order valence-electron chi connectivity index (χ3n) is 4.11. The minimum Gasteiger partial charge on any atom is -0.449 e. The number of para-hydroxylation sites is 1. The number of nitrogens with one attached hydrogen (secondary N) is 2. The molecule has 0 aromatic heterocycles. The molecule has 4 nitrogen and oxygen atoms in total. The largest absolute Gasteiger partial charge is 0.449 e. The van der Waals surface area contributed by atoms with E-state index >= 15 is 0 Å². The van der Waals surface area contributed by atoms with E-state index in [0.717, 1.165) is 36.3 Å². The van der Waals surface area contributed by atoms with Crippen molar-refractivity contribution in [3.63, 3.8) is 0 Å². The summed E-state index contributed by atoms with van der Waals surface area (Å²) in [5.74, 6) is 0.424. The van der Waals surface area contributed by atoms with Crippen molar-refractivity contribution in [1.82, 2.24) is 5.32 Å². The maximum absolute atomic E-state index is 12.1. The van der Waals surface area contributed by atoms with Gasteiger partial charge in [0.05, 0.1) is 12.3 Å². The lowest BCUT2D eigenvalue weighted by Gasteiger charge is -2.13. The van der Waals surface area contributed by atoms with Gasteiger partial charge in [-0.15, -0.1) is 0 Å². The number of benzene rings is 2. The fourth-order valence-electron chi connectivity index (χ4n) is 2.85. The smallest absolute Gasteiger partial charge is 0.411 e. The predicted octanol–water partition coefficient (Wildman–Crippen LogP) is 3.82. The molecule has 4 heteroatoms. The highest BCUT2D eigenvalue weighted by Gasteiger charge is 2.17. The Hall–Kier alpha value is -2.33. The Morgan fingerprint density at radius 2 is 2.13 bits per heavy atom. The maximum atomic E-state index is 12.1. The number of ether oxygens (including phenoxy) is 1. The summed E-state index contributed by atoms with van der Waals surface area (Å²) in [6, 6.07) is 16.0. The third kappa shape index (κ3) is 4.11. The fraction of sp³-hybridized carbons (Fsp3) is 0.316. The molecule has 3 rings (SSSR count). The molecule has 1 atom stereocenters. The Kier molecular flexibility index (Phi) is 4.93. The number of carbonyl (C=O) groups excluding carboxylic acids is 1. The Morgan fingerprint density at radius 3 is 2.91 bits per heavy atom. The van der Waals surface area contributed by atoms with Gasteiger partial charge in [-0.25, -0.2) is 4.79 Å². The van der Waals surface area contributed by atoms with Crippen molar-refractivity contribution < 1.29 is 9.53 Å². The first kappa shape index (κ1) is 15.6. The number of amides is 1. The number of anilines is 1. The van der Waals surface area contributed by atoms with E-state index in [1.54, 1.807) is 0 Å². The van der Waals surface area contributed by atoms with Crippen molar-refractivity contribution >= 4 is 11.8 Å². The summed E-state index contributed by atoms with van der Waals surface area (Å²) < 4.78 is 5.35. The normalized spacial score (nSPS) is 17.0. The van der Waals surface area contributed by atoms with Gasteiger partial charge in [-0.3, -0.25) is 5.32 Å². The summed E-state index contributed by atoms with van der Waals surface area (Å²) in [5.41, 5.74) is 4.04. The van der Waals surface area contributed by atoms with Gasteiger partial charge in [0.1, 0.15) is 0 Å². The molecule has 0 unspecified atom stereocenters. The molecule has 2 aromatic rings. The lowest BCUT2D eigenvalue weighted by molar-refractivity contribution is 0.144. The van der Waals surface area contributed by atoms with Crippen LogP contribution in [0.5, 0.6) is 0 Å². The van der Waals surface area contributed by atoms with Gasteiger partial charge in [0, 0.05) is 18.0 Å². The van der Waals surface area contributed by atoms with Crippen LogP contribution in [0, 0.1) is 12.8 Å². The van der Waals surface area contributed by atoms with Gasteiger partial charge in [-0.05, 0) is 31.5 Å². The first-order chi connectivity index (χ1) is 11.2. The first-order valence-corrected chi connectivity index (χ1v) is 8.03. The zero-order valence-corrected chi connectivity index (χ0v) is 13.3. The zero-order chi connectivity index (χ0) is 16.1. The minimum atomic E-state index is -0.392. The SMILES string of the molecule is Cc1cccc(-c2ccccc2NC(=O)OC[C@@H]2CCNC2)c1. The van der Waals surface area contributed by atoms with Crippen LogP contribution in [0.4, 0.5) is 10.5 Å². The van der Waals surface area contributed by atoms with Crippen LogP contribution in [0.25, 0.3) is 11.1 Å². The zero-order valence-electron chi connectivity index (χ0n) is 13.3. The fourth-order valence-corrected chi connectivity index (χ4v) is 2.85. The second-order valence-electron chi connectivity index (χ2n) is 6.00. The number of carbonyl (C=O) groups is 1. The van der Waals surface area contributed by atoms with Crippen LogP contribution in [0.3, 0.4) is 0 Å². The second-order valence-corrected chi connectivity index (χ2v) is 6.00. The van der Waals surface area contributed by atoms with Crippen molar-refractivity contribution in [2.24, 2.45) is 5.92 Å². The molecule has 2 N–H and O–H groups in total. The van der Waals surface area contributed by atoms with Crippen molar-refractivity contribution in [3.8, 4) is 11.1 Å². The Bertz CT molecular complexity index is 679. The topological polar surface area (TPSA) is 50.4 Å². The molecule has 120 valence electrons. The summed E-state index contributed by atoms with van der Waals surface area (Å²) in [6.45, 7) is 4.45. The molecular weight excluding hydrogens is 288 g/mol. The van der Waals surface area contributed by atoms with Crippen LogP contribution in [-0.4, -0.2) is 25.8 Å². The quantitative estimate of drug-likeness (QED) is 0.902. The average molecular weight is 310 g/mol. The highest BCUT2D eigenvalue weighted by molar-refractivity contribution is 5.91. The number of rotatable bonds is 4. The van der Waals surface area contributed by atoms with Gasteiger partial charge < -0.3 is 10.1 Å². The van der Waals surface area contributed by atoms with Crippen LogP contribution in [0.1, 0.15) is 12.0 Å². The molecule has 1 heterocycles. The molecular formula is C19H22N2O2. The average Bonchev–Trinajstić information content (AvgIpc) is 3.07. The summed E-state index contributed by atoms with van der Waals surface area (Å²) in [5, 5.41) is 6.14. The first-order valence-electron chi connectivity index (χ1n) is 8.03. The summed E-state index contributed by atoms with van der Waals surface area (Å²) in [4.78, 5) is 12.1. The molecule has 1 aliphatic heterocycles. The summed E-state index contributed by atoms with van der Waals surface area (Å²) in [7, 11) is 0. The molecule has 23 heavy (non-hydrogen) atoms. The van der Waals surface area contributed by atoms with Crippen LogP contribution in [0.2, 0.25) is 0 Å². The number of aryl methyl sites for hydroxylation is 1. The number of hydrogen-bond acceptors (Lipinski definition) is 3. The Balaban J connectivity index is 1.69. The Labute approximate surface area is 136 Å². The van der Waals surface area contributed by atoms with Crippen molar-refractivity contribution in [1.29, 1.82) is 0 Å². The third-order valence-corrected chi connectivity index (χ3v) is 4.11. The van der Waals surface area contributed by atoms with E-state index in [-0.39, 0.29) is 0 Å². The van der Waals surface area contributed by atoms with Crippen LogP contribution >= 0.6 is 0 Å². The van der Waals surface area contributed by atoms with Gasteiger partial charge in [0.15, 0.2) is 0 Å². The van der Waals surface area contributed by atoms with E-state index in [9.17, 15) is 4.79 Å². The Morgan fingerprint density at radius 1 is 1.26 bits per heavy atom. The van der Waals surface area contributed by atoms with E-state index in [1.807, 2.05) is 36.4 Å². The molecule has 1 fully saturated rings. The van der Waals surface area contributed by atoms with E-state index in [4.69, 9.17) is 4.74 Å². The van der Waals surface area contributed by atoms with E-state index < -0.39 is 6.09 Å². The lowest BCUT2D eigenvalue weighted by Crippen LogP contribution is -2.20. The molecule has 0 bridgehead atoms. The number of hydrogen-bond donors (Lipinski definition) is 2. The highest BCUT2D eigenvalue weighted by Crippen LogP contribution is 2.28. The van der Waals surface area contributed by atoms with Gasteiger partial charge in [-0.2, -0.15) is 0 Å². The van der Waals surface area contributed by atoms with Gasteiger partial charge in [-0.1, -0.05) is 48.0 Å². The maximum Gasteiger partial charge on any atom is 0.411 e. The molecule has 1 saturated heterocycles. The van der Waals surface area contributed by atoms with Gasteiger partial charge >= 0.3 is 6.09 Å². The monoisotopic (exact) mass is 310 g/mol. The highest BCUT2D eigenvalue weighted by atomic mass is 16.5. The van der Waals surface area contributed by atoms with Crippen LogP contribution in [-0.2, 0) is 4.74 Å². The predicted molar refractivity (Wildman–Crippen MR) is 92.6 cm³/mol. The van der Waals surface area contributed by atoms with E-state index in [0.29, 0.717) is 12.5 Å². The molecule has 1 amide bonds. The second kappa shape index (κ2) is 7.29. The molecule has 0 spiro atoms. The van der Waals surface area contributed by atoms with Crippen LogP contribution in [0.15, 0.2) is 48.5 Å². The minimum absolute atomic E-state index is 0.392. The van der Waals surface area contributed by atoms with Crippen molar-refractivity contribution in [2.75, 3.05) is 25.0 Å². The van der Waals surface area contributed by atoms with Crippen LogP contribution < -0.4 is 10.6 Å². The van der Waals surface area contributed by atoms with E-state index in [2.05, 4.69) is 29.7 Å². The standard InChI is InChI=1S/C19H22N2O2/c1-14-5-4-6-16(11-14)17-7-2-3-8-18(17)21-19(22)23-13-15-9-10-20-12-15/h2-8,11,15,20H,9-10,12-13H2,1H3,(H,21,22)/t15-/m1/s1. The van der Waals surface area contributed by atoms with E-state index in [1.165, 1.54) is 5.56 Å². The van der Waals surface area contributed by atoms with Crippen molar-refractivity contribution in [2.45, 2.75) is 13.3 Å². The molecule has 0 radical (unpaired) electrons. The summed E-state index contributed by atoms with van der Waals surface area (Å²) in [6.07, 6.45) is 0.671.